The summed E-state index contributed by atoms with van der Waals surface area (Å²) in [6.07, 6.45) is 1.33. The number of carbonyl (C=O) groups excluding carboxylic acids is 1. The van der Waals surface area contributed by atoms with Crippen LogP contribution in [-0.2, 0) is 0 Å². The van der Waals surface area contributed by atoms with Crippen molar-refractivity contribution in [1.82, 2.24) is 0 Å². The monoisotopic (exact) mass is 374 g/mol. The standard InChI is InChI=1S/C21H14N2O5/c1-27-20-8-3-2-7-18(20)21(24)15(13-22)12-17-9-10-19(28-17)14-5-4-6-16(11-14)23(25)26/h2-12H,1H3/b15-12+. The van der Waals surface area contributed by atoms with Crippen molar-refractivity contribution in [3.63, 3.8) is 0 Å². The summed E-state index contributed by atoms with van der Waals surface area (Å²) < 4.78 is 10.8. The quantitative estimate of drug-likeness (QED) is 0.204. The van der Waals surface area contributed by atoms with Crippen molar-refractivity contribution in [1.29, 1.82) is 5.26 Å². The second kappa shape index (κ2) is 8.01. The van der Waals surface area contributed by atoms with Gasteiger partial charge in [0.2, 0.25) is 5.78 Å². The molecule has 0 amide bonds. The first-order chi connectivity index (χ1) is 13.5. The molecule has 3 aromatic rings. The van der Waals surface area contributed by atoms with Gasteiger partial charge >= 0.3 is 0 Å². The fraction of sp³-hybridized carbons (Fsp3) is 0.0476. The number of nitriles is 1. The van der Waals surface area contributed by atoms with Crippen molar-refractivity contribution in [2.45, 2.75) is 0 Å². The van der Waals surface area contributed by atoms with Crippen LogP contribution < -0.4 is 4.74 Å². The van der Waals surface area contributed by atoms with Gasteiger partial charge in [-0.15, -0.1) is 0 Å². The Morgan fingerprint density at radius 2 is 1.96 bits per heavy atom. The van der Waals surface area contributed by atoms with Gasteiger partial charge in [-0.1, -0.05) is 24.3 Å². The van der Waals surface area contributed by atoms with Gasteiger partial charge in [0, 0.05) is 23.8 Å². The van der Waals surface area contributed by atoms with Gasteiger partial charge in [-0.2, -0.15) is 5.26 Å². The summed E-state index contributed by atoms with van der Waals surface area (Å²) in [5, 5.41) is 20.3. The molecule has 0 N–H and O–H groups in total. The van der Waals surface area contributed by atoms with Gasteiger partial charge in [0.25, 0.3) is 5.69 Å². The molecule has 0 saturated carbocycles. The molecule has 0 fully saturated rings. The van der Waals surface area contributed by atoms with Crippen LogP contribution in [0, 0.1) is 21.4 Å². The van der Waals surface area contributed by atoms with Gasteiger partial charge < -0.3 is 9.15 Å². The molecule has 7 heteroatoms. The average molecular weight is 374 g/mol. The maximum Gasteiger partial charge on any atom is 0.270 e. The number of nitro benzene ring substituents is 1. The van der Waals surface area contributed by atoms with Gasteiger partial charge in [-0.05, 0) is 24.3 Å². The Hall–Kier alpha value is -4.18. The Labute approximate surface area is 160 Å². The number of rotatable bonds is 6. The van der Waals surface area contributed by atoms with Crippen LogP contribution in [0.2, 0.25) is 0 Å². The summed E-state index contributed by atoms with van der Waals surface area (Å²) in [7, 11) is 1.44. The molecule has 0 unspecified atom stereocenters. The summed E-state index contributed by atoms with van der Waals surface area (Å²) in [6.45, 7) is 0. The van der Waals surface area contributed by atoms with Crippen LogP contribution in [0.25, 0.3) is 17.4 Å². The summed E-state index contributed by atoms with van der Waals surface area (Å²) in [6, 6.07) is 17.7. The van der Waals surface area contributed by atoms with Gasteiger partial charge in [-0.3, -0.25) is 14.9 Å². The molecule has 0 aliphatic heterocycles. The van der Waals surface area contributed by atoms with E-state index in [1.165, 1.54) is 25.3 Å². The number of para-hydroxylation sites is 1. The number of allylic oxidation sites excluding steroid dienone is 1. The van der Waals surface area contributed by atoms with Gasteiger partial charge in [0.05, 0.1) is 17.6 Å². The second-order valence-electron chi connectivity index (χ2n) is 5.71. The molecule has 0 aliphatic rings. The molecule has 2 aromatic carbocycles. The minimum atomic E-state index is -0.493. The van der Waals surface area contributed by atoms with Gasteiger partial charge in [0.15, 0.2) is 0 Å². The molecule has 1 heterocycles. The van der Waals surface area contributed by atoms with E-state index in [9.17, 15) is 20.2 Å². The van der Waals surface area contributed by atoms with E-state index in [2.05, 4.69) is 0 Å². The van der Waals surface area contributed by atoms with Crippen LogP contribution in [0.5, 0.6) is 5.75 Å². The number of Topliss-reactive ketones (excluding diaryl/α,β-unsaturated/α-hetero) is 1. The number of ether oxygens (including phenoxy) is 1. The highest BCUT2D eigenvalue weighted by atomic mass is 16.6. The molecule has 3 rings (SSSR count). The van der Waals surface area contributed by atoms with Crippen molar-refractivity contribution in [3.8, 4) is 23.1 Å². The van der Waals surface area contributed by atoms with Crippen molar-refractivity contribution in [2.24, 2.45) is 0 Å². The molecule has 0 saturated heterocycles. The number of furan rings is 1. The Balaban J connectivity index is 1.93. The maximum absolute atomic E-state index is 12.7. The van der Waals surface area contributed by atoms with E-state index in [0.29, 0.717) is 17.1 Å². The number of methoxy groups -OCH3 is 1. The van der Waals surface area contributed by atoms with Gasteiger partial charge in [-0.25, -0.2) is 0 Å². The van der Waals surface area contributed by atoms with Crippen LogP contribution in [0.3, 0.4) is 0 Å². The third-order valence-corrected chi connectivity index (χ3v) is 3.97. The lowest BCUT2D eigenvalue weighted by atomic mass is 10.0. The number of non-ortho nitro benzene ring substituents is 1. The molecular formula is C21H14N2O5. The van der Waals surface area contributed by atoms with Crippen LogP contribution in [0.15, 0.2) is 70.7 Å². The third kappa shape index (κ3) is 3.81. The Morgan fingerprint density at radius 1 is 1.18 bits per heavy atom. The summed E-state index contributed by atoms with van der Waals surface area (Å²) in [4.78, 5) is 23.1. The zero-order valence-corrected chi connectivity index (χ0v) is 14.8. The van der Waals surface area contributed by atoms with Crippen molar-refractivity contribution in [2.75, 3.05) is 7.11 Å². The van der Waals surface area contributed by atoms with Crippen LogP contribution in [0.1, 0.15) is 16.1 Å². The van der Waals surface area contributed by atoms with Crippen molar-refractivity contribution in [3.05, 3.63) is 87.7 Å². The molecule has 1 aromatic heterocycles. The number of nitrogens with zero attached hydrogens (tertiary/aromatic N) is 2. The Morgan fingerprint density at radius 3 is 2.68 bits per heavy atom. The zero-order valence-electron chi connectivity index (χ0n) is 14.8. The van der Waals surface area contributed by atoms with E-state index >= 15 is 0 Å². The largest absolute Gasteiger partial charge is 0.496 e. The SMILES string of the molecule is COc1ccccc1C(=O)/C(C#N)=C/c1ccc(-c2cccc([N+](=O)[O-])c2)o1. The fourth-order valence-corrected chi connectivity index (χ4v) is 2.63. The van der Waals surface area contributed by atoms with E-state index in [1.807, 2.05) is 6.07 Å². The Bertz CT molecular complexity index is 1120. The minimum absolute atomic E-state index is 0.0601. The van der Waals surface area contributed by atoms with E-state index < -0.39 is 10.7 Å². The predicted octanol–water partition coefficient (Wildman–Crippen LogP) is 4.65. The molecule has 0 radical (unpaired) electrons. The molecule has 7 nitrogen and oxygen atoms in total. The van der Waals surface area contributed by atoms with E-state index in [4.69, 9.17) is 9.15 Å². The van der Waals surface area contributed by atoms with Crippen LogP contribution in [0.4, 0.5) is 5.69 Å². The molecule has 0 spiro atoms. The number of hydrogen-bond acceptors (Lipinski definition) is 6. The van der Waals surface area contributed by atoms with E-state index in [1.54, 1.807) is 48.5 Å². The highest BCUT2D eigenvalue weighted by molar-refractivity contribution is 6.15. The normalized spacial score (nSPS) is 10.9. The molecule has 0 atom stereocenters. The number of carbonyl (C=O) groups is 1. The first-order valence-corrected chi connectivity index (χ1v) is 8.17. The first kappa shape index (κ1) is 18.6. The lowest BCUT2D eigenvalue weighted by Gasteiger charge is -2.05. The fourth-order valence-electron chi connectivity index (χ4n) is 2.63. The van der Waals surface area contributed by atoms with Gasteiger partial charge in [0.1, 0.15) is 28.9 Å². The Kier molecular flexibility index (Phi) is 5.33. The van der Waals surface area contributed by atoms with Crippen molar-refractivity contribution >= 4 is 17.5 Å². The predicted molar refractivity (Wildman–Crippen MR) is 102 cm³/mol. The zero-order chi connectivity index (χ0) is 20.1. The maximum atomic E-state index is 12.7. The molecule has 0 bridgehead atoms. The van der Waals surface area contributed by atoms with E-state index in [0.717, 1.165) is 0 Å². The topological polar surface area (TPSA) is 106 Å². The lowest BCUT2D eigenvalue weighted by Crippen LogP contribution is -2.04. The van der Waals surface area contributed by atoms with Crippen LogP contribution in [-0.4, -0.2) is 17.8 Å². The lowest BCUT2D eigenvalue weighted by molar-refractivity contribution is -0.384. The molecule has 28 heavy (non-hydrogen) atoms. The molecule has 138 valence electrons. The van der Waals surface area contributed by atoms with Crippen molar-refractivity contribution < 1.29 is 18.9 Å². The van der Waals surface area contributed by atoms with Crippen LogP contribution >= 0.6 is 0 Å². The number of nitro groups is 1. The second-order valence-corrected chi connectivity index (χ2v) is 5.71. The number of benzene rings is 2. The minimum Gasteiger partial charge on any atom is -0.496 e. The molecule has 0 aliphatic carbocycles. The summed E-state index contributed by atoms with van der Waals surface area (Å²) >= 11 is 0. The van der Waals surface area contributed by atoms with E-state index in [-0.39, 0.29) is 22.6 Å². The number of ketones is 1. The average Bonchev–Trinajstić information content (AvgIpc) is 3.20. The highest BCUT2D eigenvalue weighted by Gasteiger charge is 2.17. The highest BCUT2D eigenvalue weighted by Crippen LogP contribution is 2.27. The first-order valence-electron chi connectivity index (χ1n) is 8.17. The summed E-state index contributed by atoms with van der Waals surface area (Å²) in [5.41, 5.74) is 0.603. The summed E-state index contributed by atoms with van der Waals surface area (Å²) in [5.74, 6) is 0.539. The number of hydrogen-bond donors (Lipinski definition) is 0. The smallest absolute Gasteiger partial charge is 0.270 e. The third-order valence-electron chi connectivity index (χ3n) is 3.97. The molecular weight excluding hydrogens is 360 g/mol.